The van der Waals surface area contributed by atoms with E-state index in [-0.39, 0.29) is 18.9 Å². The number of carboxylic acids is 1. The lowest BCUT2D eigenvalue weighted by molar-refractivity contribution is -0.138. The number of aliphatic carboxylic acids is 1. The molecule has 0 fully saturated rings. The molecule has 0 aromatic heterocycles. The summed E-state index contributed by atoms with van der Waals surface area (Å²) in [5.41, 5.74) is 1.01. The van der Waals surface area contributed by atoms with Crippen LogP contribution in [0.1, 0.15) is 18.9 Å². The number of carboxylic acid groups (broad SMARTS) is 1. The molecular weight excluding hydrogens is 234 g/mol. The molecule has 0 unspecified atom stereocenters. The van der Waals surface area contributed by atoms with Crippen LogP contribution in [-0.2, 0) is 20.9 Å². The summed E-state index contributed by atoms with van der Waals surface area (Å²) >= 11 is 0. The van der Waals surface area contributed by atoms with E-state index in [1.54, 1.807) is 0 Å². The molecule has 1 aromatic carbocycles. The Bertz CT molecular complexity index is 375. The van der Waals surface area contributed by atoms with Gasteiger partial charge in [-0.2, -0.15) is 0 Å². The summed E-state index contributed by atoms with van der Waals surface area (Å²) in [4.78, 5) is 21.5. The van der Waals surface area contributed by atoms with Gasteiger partial charge < -0.3 is 15.2 Å². The van der Waals surface area contributed by atoms with Crippen molar-refractivity contribution in [3.8, 4) is 0 Å². The first-order valence-corrected chi connectivity index (χ1v) is 5.68. The number of hydrogen-bond acceptors (Lipinski definition) is 3. The normalized spacial score (nSPS) is 11.8. The van der Waals surface area contributed by atoms with E-state index >= 15 is 0 Å². The van der Waals surface area contributed by atoms with Gasteiger partial charge in [0.15, 0.2) is 0 Å². The lowest BCUT2D eigenvalue weighted by atomic mass is 10.2. The summed E-state index contributed by atoms with van der Waals surface area (Å²) in [5.74, 6) is -1.22. The molecule has 1 rings (SSSR count). The minimum absolute atomic E-state index is 0.144. The summed E-state index contributed by atoms with van der Waals surface area (Å²) in [6, 6.07) is 9.06. The number of rotatable bonds is 7. The predicted octanol–water partition coefficient (Wildman–Crippen LogP) is 1.18. The molecular formula is C13H17NO4. The molecule has 0 aliphatic carbocycles. The lowest BCUT2D eigenvalue weighted by Crippen LogP contribution is -2.38. The van der Waals surface area contributed by atoms with E-state index in [1.807, 2.05) is 30.3 Å². The molecule has 98 valence electrons. The Kier molecular flexibility index (Phi) is 5.87. The largest absolute Gasteiger partial charge is 0.481 e. The van der Waals surface area contributed by atoms with Crippen LogP contribution >= 0.6 is 0 Å². The zero-order chi connectivity index (χ0) is 13.4. The SMILES string of the molecule is CC(=O)N[C@H](COCc1ccccc1)CC(=O)O. The first-order chi connectivity index (χ1) is 8.58. The summed E-state index contributed by atoms with van der Waals surface area (Å²) in [7, 11) is 0. The fourth-order valence-corrected chi connectivity index (χ4v) is 1.54. The van der Waals surface area contributed by atoms with Crippen molar-refractivity contribution in [2.45, 2.75) is 26.0 Å². The van der Waals surface area contributed by atoms with E-state index < -0.39 is 12.0 Å². The number of carbonyl (C=O) groups excluding carboxylic acids is 1. The van der Waals surface area contributed by atoms with Crippen molar-refractivity contribution in [1.29, 1.82) is 0 Å². The van der Waals surface area contributed by atoms with Crippen molar-refractivity contribution < 1.29 is 19.4 Å². The summed E-state index contributed by atoms with van der Waals surface area (Å²) in [6.07, 6.45) is -0.144. The lowest BCUT2D eigenvalue weighted by Gasteiger charge is -2.16. The number of amides is 1. The van der Waals surface area contributed by atoms with Crippen LogP contribution in [0.3, 0.4) is 0 Å². The van der Waals surface area contributed by atoms with Crippen LogP contribution in [-0.4, -0.2) is 29.6 Å². The first-order valence-electron chi connectivity index (χ1n) is 5.68. The Morgan fingerprint density at radius 3 is 2.56 bits per heavy atom. The second-order valence-corrected chi connectivity index (χ2v) is 4.00. The number of nitrogens with one attached hydrogen (secondary N) is 1. The van der Waals surface area contributed by atoms with Crippen LogP contribution in [0.25, 0.3) is 0 Å². The zero-order valence-corrected chi connectivity index (χ0v) is 10.3. The van der Waals surface area contributed by atoms with Crippen LogP contribution in [0, 0.1) is 0 Å². The van der Waals surface area contributed by atoms with Crippen LogP contribution in [0.5, 0.6) is 0 Å². The van der Waals surface area contributed by atoms with Gasteiger partial charge in [-0.15, -0.1) is 0 Å². The molecule has 0 saturated carbocycles. The Balaban J connectivity index is 2.37. The standard InChI is InChI=1S/C13H17NO4/c1-10(15)14-12(7-13(16)17)9-18-8-11-5-3-2-4-6-11/h2-6,12H,7-9H2,1H3,(H,14,15)(H,16,17)/t12-/m0/s1. The minimum atomic E-state index is -0.961. The molecule has 2 N–H and O–H groups in total. The van der Waals surface area contributed by atoms with Crippen molar-refractivity contribution in [3.05, 3.63) is 35.9 Å². The molecule has 18 heavy (non-hydrogen) atoms. The zero-order valence-electron chi connectivity index (χ0n) is 10.3. The fourth-order valence-electron chi connectivity index (χ4n) is 1.54. The Morgan fingerprint density at radius 1 is 1.33 bits per heavy atom. The number of ether oxygens (including phenoxy) is 1. The van der Waals surface area contributed by atoms with E-state index in [2.05, 4.69) is 5.32 Å². The monoisotopic (exact) mass is 251 g/mol. The third-order valence-corrected chi connectivity index (χ3v) is 2.26. The van der Waals surface area contributed by atoms with Crippen molar-refractivity contribution in [2.75, 3.05) is 6.61 Å². The Hall–Kier alpha value is -1.88. The minimum Gasteiger partial charge on any atom is -0.481 e. The highest BCUT2D eigenvalue weighted by atomic mass is 16.5. The number of hydrogen-bond donors (Lipinski definition) is 2. The van der Waals surface area contributed by atoms with Crippen LogP contribution in [0.15, 0.2) is 30.3 Å². The highest BCUT2D eigenvalue weighted by Gasteiger charge is 2.14. The maximum Gasteiger partial charge on any atom is 0.305 e. The topological polar surface area (TPSA) is 75.6 Å². The van der Waals surface area contributed by atoms with Crippen LogP contribution < -0.4 is 5.32 Å². The molecule has 1 atom stereocenters. The highest BCUT2D eigenvalue weighted by molar-refractivity contribution is 5.74. The fraction of sp³-hybridized carbons (Fsp3) is 0.385. The van der Waals surface area contributed by atoms with Gasteiger partial charge in [0.1, 0.15) is 0 Å². The van der Waals surface area contributed by atoms with E-state index in [0.29, 0.717) is 6.61 Å². The summed E-state index contributed by atoms with van der Waals surface area (Å²) in [5, 5.41) is 11.3. The van der Waals surface area contributed by atoms with Gasteiger partial charge in [-0.25, -0.2) is 0 Å². The van der Waals surface area contributed by atoms with E-state index in [1.165, 1.54) is 6.92 Å². The van der Waals surface area contributed by atoms with Crippen molar-refractivity contribution in [3.63, 3.8) is 0 Å². The first kappa shape index (κ1) is 14.2. The van der Waals surface area contributed by atoms with Gasteiger partial charge in [-0.3, -0.25) is 9.59 Å². The third kappa shape index (κ3) is 6.00. The van der Waals surface area contributed by atoms with Crippen molar-refractivity contribution in [2.24, 2.45) is 0 Å². The molecule has 1 aromatic rings. The molecule has 0 spiro atoms. The average Bonchev–Trinajstić information content (AvgIpc) is 2.28. The van der Waals surface area contributed by atoms with Crippen molar-refractivity contribution in [1.82, 2.24) is 5.32 Å². The molecule has 5 nitrogen and oxygen atoms in total. The van der Waals surface area contributed by atoms with Gasteiger partial charge in [0, 0.05) is 6.92 Å². The van der Waals surface area contributed by atoms with Gasteiger partial charge in [0.05, 0.1) is 25.7 Å². The Morgan fingerprint density at radius 2 is 2.00 bits per heavy atom. The van der Waals surface area contributed by atoms with Crippen LogP contribution in [0.4, 0.5) is 0 Å². The van der Waals surface area contributed by atoms with Gasteiger partial charge in [-0.1, -0.05) is 30.3 Å². The molecule has 5 heteroatoms. The second-order valence-electron chi connectivity index (χ2n) is 4.00. The third-order valence-electron chi connectivity index (χ3n) is 2.26. The number of benzene rings is 1. The quantitative estimate of drug-likeness (QED) is 0.763. The molecule has 0 aliphatic rings. The van der Waals surface area contributed by atoms with Crippen LogP contribution in [0.2, 0.25) is 0 Å². The molecule has 1 amide bonds. The average molecular weight is 251 g/mol. The molecule has 0 saturated heterocycles. The van der Waals surface area contributed by atoms with E-state index in [0.717, 1.165) is 5.56 Å². The molecule has 0 bridgehead atoms. The van der Waals surface area contributed by atoms with E-state index in [9.17, 15) is 9.59 Å². The van der Waals surface area contributed by atoms with E-state index in [4.69, 9.17) is 9.84 Å². The summed E-state index contributed by atoms with van der Waals surface area (Å²) < 4.78 is 5.41. The molecule has 0 radical (unpaired) electrons. The van der Waals surface area contributed by atoms with Gasteiger partial charge in [-0.05, 0) is 5.56 Å². The number of carbonyl (C=O) groups is 2. The van der Waals surface area contributed by atoms with Gasteiger partial charge >= 0.3 is 5.97 Å². The maximum atomic E-state index is 10.9. The van der Waals surface area contributed by atoms with Gasteiger partial charge in [0.25, 0.3) is 0 Å². The molecule has 0 aliphatic heterocycles. The smallest absolute Gasteiger partial charge is 0.305 e. The summed E-state index contributed by atoms with van der Waals surface area (Å²) in [6.45, 7) is 1.93. The molecule has 0 heterocycles. The maximum absolute atomic E-state index is 10.9. The Labute approximate surface area is 106 Å². The predicted molar refractivity (Wildman–Crippen MR) is 66.0 cm³/mol. The van der Waals surface area contributed by atoms with Gasteiger partial charge in [0.2, 0.25) is 5.91 Å². The second kappa shape index (κ2) is 7.45. The van der Waals surface area contributed by atoms with Crippen molar-refractivity contribution >= 4 is 11.9 Å². The highest BCUT2D eigenvalue weighted by Crippen LogP contribution is 2.02.